The van der Waals surface area contributed by atoms with E-state index in [1.807, 2.05) is 32.6 Å². The Kier molecular flexibility index (Phi) is 6.71. The van der Waals surface area contributed by atoms with Gasteiger partial charge in [0.2, 0.25) is 0 Å². The SMILES string of the molecule is CC(C)n1c(N2CCCN(C(=O)c3ccccc3Cl)CC2)cc(=O)n(C(C)C)c1=O. The Morgan fingerprint density at radius 1 is 0.933 bits per heavy atom. The predicted molar refractivity (Wildman–Crippen MR) is 120 cm³/mol. The fourth-order valence-electron chi connectivity index (χ4n) is 3.92. The van der Waals surface area contributed by atoms with Crippen LogP contribution in [0.4, 0.5) is 5.82 Å². The summed E-state index contributed by atoms with van der Waals surface area (Å²) in [4.78, 5) is 42.4. The number of carbonyl (C=O) groups is 1. The average molecular weight is 433 g/mol. The highest BCUT2D eigenvalue weighted by Gasteiger charge is 2.25. The molecule has 30 heavy (non-hydrogen) atoms. The Morgan fingerprint density at radius 2 is 1.60 bits per heavy atom. The first-order valence-electron chi connectivity index (χ1n) is 10.4. The van der Waals surface area contributed by atoms with Crippen LogP contribution in [0.2, 0.25) is 5.02 Å². The second kappa shape index (κ2) is 9.08. The van der Waals surface area contributed by atoms with E-state index in [-0.39, 0.29) is 29.2 Å². The van der Waals surface area contributed by atoms with Gasteiger partial charge in [0.25, 0.3) is 11.5 Å². The van der Waals surface area contributed by atoms with Crippen LogP contribution in [0, 0.1) is 0 Å². The van der Waals surface area contributed by atoms with E-state index >= 15 is 0 Å². The zero-order chi connectivity index (χ0) is 22.0. The highest BCUT2D eigenvalue weighted by atomic mass is 35.5. The molecular formula is C22H29ClN4O3. The first kappa shape index (κ1) is 22.2. The molecule has 1 aromatic carbocycles. The molecule has 1 aliphatic rings. The second-order valence-electron chi connectivity index (χ2n) is 8.16. The Labute approximate surface area is 181 Å². The quantitative estimate of drug-likeness (QED) is 0.744. The minimum atomic E-state index is -0.296. The summed E-state index contributed by atoms with van der Waals surface area (Å²) in [6.07, 6.45) is 0.732. The van der Waals surface area contributed by atoms with Crippen LogP contribution in [-0.2, 0) is 0 Å². The van der Waals surface area contributed by atoms with Crippen molar-refractivity contribution in [2.45, 2.75) is 46.2 Å². The normalized spacial score (nSPS) is 15.0. The number of anilines is 1. The molecule has 0 saturated carbocycles. The lowest BCUT2D eigenvalue weighted by Crippen LogP contribution is -2.45. The largest absolute Gasteiger partial charge is 0.356 e. The van der Waals surface area contributed by atoms with Crippen LogP contribution in [0.15, 0.2) is 39.9 Å². The van der Waals surface area contributed by atoms with Crippen molar-refractivity contribution in [1.82, 2.24) is 14.0 Å². The molecule has 8 heteroatoms. The summed E-state index contributed by atoms with van der Waals surface area (Å²) in [5, 5.41) is 0.439. The summed E-state index contributed by atoms with van der Waals surface area (Å²) in [6.45, 7) is 9.81. The minimum Gasteiger partial charge on any atom is -0.356 e. The number of rotatable bonds is 4. The molecule has 2 aromatic rings. The molecule has 0 radical (unpaired) electrons. The molecule has 0 bridgehead atoms. The van der Waals surface area contributed by atoms with Crippen LogP contribution < -0.4 is 16.1 Å². The van der Waals surface area contributed by atoms with Gasteiger partial charge >= 0.3 is 5.69 Å². The monoisotopic (exact) mass is 432 g/mol. The number of amides is 1. The maximum atomic E-state index is 13.0. The van der Waals surface area contributed by atoms with E-state index in [4.69, 9.17) is 11.6 Å². The number of carbonyl (C=O) groups excluding carboxylic acids is 1. The van der Waals surface area contributed by atoms with E-state index in [1.54, 1.807) is 39.8 Å². The Balaban J connectivity index is 1.90. The van der Waals surface area contributed by atoms with Gasteiger partial charge in [-0.1, -0.05) is 23.7 Å². The fourth-order valence-corrected chi connectivity index (χ4v) is 4.13. The summed E-state index contributed by atoms with van der Waals surface area (Å²) in [5.74, 6) is 0.517. The standard InChI is InChI=1S/C22H29ClN4O3/c1-15(2)26-19(14-20(28)27(16(3)4)22(26)30)24-10-7-11-25(13-12-24)21(29)17-8-5-6-9-18(17)23/h5-6,8-9,14-16H,7,10-13H2,1-4H3. The van der Waals surface area contributed by atoms with Crippen molar-refractivity contribution in [3.63, 3.8) is 0 Å². The molecule has 162 valence electrons. The van der Waals surface area contributed by atoms with Crippen LogP contribution >= 0.6 is 11.6 Å². The van der Waals surface area contributed by atoms with Crippen LogP contribution in [0.3, 0.4) is 0 Å². The van der Waals surface area contributed by atoms with E-state index in [2.05, 4.69) is 0 Å². The van der Waals surface area contributed by atoms with Crippen molar-refractivity contribution in [2.75, 3.05) is 31.1 Å². The van der Waals surface area contributed by atoms with Gasteiger partial charge in [-0.2, -0.15) is 0 Å². The third-order valence-electron chi connectivity index (χ3n) is 5.39. The molecule has 1 fully saturated rings. The molecule has 1 saturated heterocycles. The highest BCUT2D eigenvalue weighted by molar-refractivity contribution is 6.33. The molecule has 1 aromatic heterocycles. The molecule has 7 nitrogen and oxygen atoms in total. The van der Waals surface area contributed by atoms with Crippen molar-refractivity contribution >= 4 is 23.3 Å². The van der Waals surface area contributed by atoms with Gasteiger partial charge in [-0.3, -0.25) is 18.7 Å². The van der Waals surface area contributed by atoms with Gasteiger partial charge in [0.15, 0.2) is 0 Å². The molecule has 0 aliphatic carbocycles. The molecule has 2 heterocycles. The molecule has 0 atom stereocenters. The van der Waals surface area contributed by atoms with Crippen LogP contribution in [0.5, 0.6) is 0 Å². The lowest BCUT2D eigenvalue weighted by Gasteiger charge is -2.29. The summed E-state index contributed by atoms with van der Waals surface area (Å²) in [6, 6.07) is 8.29. The number of aromatic nitrogens is 2. The summed E-state index contributed by atoms with van der Waals surface area (Å²) in [5.41, 5.74) is -0.0999. The van der Waals surface area contributed by atoms with Gasteiger partial charge in [-0.25, -0.2) is 4.79 Å². The van der Waals surface area contributed by atoms with Gasteiger partial charge in [-0.05, 0) is 46.2 Å². The highest BCUT2D eigenvalue weighted by Crippen LogP contribution is 2.21. The van der Waals surface area contributed by atoms with Gasteiger partial charge in [0.1, 0.15) is 5.82 Å². The molecule has 0 N–H and O–H groups in total. The third kappa shape index (κ3) is 4.31. The lowest BCUT2D eigenvalue weighted by atomic mass is 10.2. The number of benzene rings is 1. The number of hydrogen-bond donors (Lipinski definition) is 0. The lowest BCUT2D eigenvalue weighted by molar-refractivity contribution is 0.0767. The van der Waals surface area contributed by atoms with Crippen molar-refractivity contribution in [1.29, 1.82) is 0 Å². The summed E-state index contributed by atoms with van der Waals surface area (Å²) >= 11 is 6.20. The van der Waals surface area contributed by atoms with Crippen LogP contribution in [0.1, 0.15) is 56.6 Å². The smallest absolute Gasteiger partial charge is 0.333 e. The van der Waals surface area contributed by atoms with Gasteiger partial charge in [0, 0.05) is 44.3 Å². The molecule has 1 aliphatic heterocycles. The molecular weight excluding hydrogens is 404 g/mol. The Bertz CT molecular complexity index is 1040. The molecule has 0 spiro atoms. The maximum absolute atomic E-state index is 13.0. The zero-order valence-corrected chi connectivity index (χ0v) is 18.7. The Hall–Kier alpha value is -2.54. The van der Waals surface area contributed by atoms with E-state index in [9.17, 15) is 14.4 Å². The minimum absolute atomic E-state index is 0.0952. The third-order valence-corrected chi connectivity index (χ3v) is 5.72. The molecule has 3 rings (SSSR count). The van der Waals surface area contributed by atoms with E-state index in [0.717, 1.165) is 6.42 Å². The van der Waals surface area contributed by atoms with E-state index < -0.39 is 0 Å². The summed E-state index contributed by atoms with van der Waals surface area (Å²) in [7, 11) is 0. The van der Waals surface area contributed by atoms with Crippen molar-refractivity contribution in [2.24, 2.45) is 0 Å². The van der Waals surface area contributed by atoms with E-state index in [1.165, 1.54) is 4.57 Å². The second-order valence-corrected chi connectivity index (χ2v) is 8.57. The van der Waals surface area contributed by atoms with Gasteiger partial charge < -0.3 is 9.80 Å². The van der Waals surface area contributed by atoms with E-state index in [0.29, 0.717) is 42.6 Å². The van der Waals surface area contributed by atoms with Crippen LogP contribution in [0.25, 0.3) is 0 Å². The van der Waals surface area contributed by atoms with Crippen molar-refractivity contribution in [3.05, 3.63) is 61.8 Å². The topological polar surface area (TPSA) is 67.5 Å². The Morgan fingerprint density at radius 3 is 2.23 bits per heavy atom. The van der Waals surface area contributed by atoms with Crippen LogP contribution in [-0.4, -0.2) is 46.1 Å². The first-order chi connectivity index (χ1) is 14.2. The van der Waals surface area contributed by atoms with Crippen molar-refractivity contribution in [3.8, 4) is 0 Å². The molecule has 1 amide bonds. The maximum Gasteiger partial charge on any atom is 0.333 e. The first-order valence-corrected chi connectivity index (χ1v) is 10.8. The fraction of sp³-hybridized carbons (Fsp3) is 0.500. The van der Waals surface area contributed by atoms with Gasteiger partial charge in [0.05, 0.1) is 10.6 Å². The zero-order valence-electron chi connectivity index (χ0n) is 18.0. The number of hydrogen-bond acceptors (Lipinski definition) is 4. The van der Waals surface area contributed by atoms with Crippen molar-refractivity contribution < 1.29 is 4.79 Å². The predicted octanol–water partition coefficient (Wildman–Crippen LogP) is 3.18. The number of nitrogens with zero attached hydrogens (tertiary/aromatic N) is 4. The number of halogens is 1. The summed E-state index contributed by atoms with van der Waals surface area (Å²) < 4.78 is 2.96. The average Bonchev–Trinajstić information content (AvgIpc) is 2.93. The molecule has 0 unspecified atom stereocenters. The van der Waals surface area contributed by atoms with Gasteiger partial charge in [-0.15, -0.1) is 0 Å².